The van der Waals surface area contributed by atoms with Gasteiger partial charge in [-0.05, 0) is 33.3 Å². The number of aryl methyl sites for hydroxylation is 1. The van der Waals surface area contributed by atoms with E-state index in [2.05, 4.69) is 0 Å². The minimum absolute atomic E-state index is 0.700. The first-order valence-corrected chi connectivity index (χ1v) is 5.37. The molecule has 1 aromatic carbocycles. The molecule has 0 aliphatic carbocycles. The van der Waals surface area contributed by atoms with Crippen LogP contribution in [0, 0.1) is 6.92 Å². The van der Waals surface area contributed by atoms with Gasteiger partial charge in [-0.2, -0.15) is 0 Å². The van der Waals surface area contributed by atoms with Gasteiger partial charge in [-0.3, -0.25) is 0 Å². The van der Waals surface area contributed by atoms with Gasteiger partial charge in [-0.1, -0.05) is 18.2 Å². The van der Waals surface area contributed by atoms with Crippen LogP contribution in [0.15, 0.2) is 18.2 Å². The van der Waals surface area contributed by atoms with Crippen LogP contribution < -0.4 is 10.5 Å². The van der Waals surface area contributed by atoms with Crippen molar-refractivity contribution in [2.75, 3.05) is 7.11 Å². The maximum Gasteiger partial charge on any atom is 0.127 e. The zero-order valence-corrected chi connectivity index (χ0v) is 10.7. The minimum Gasteiger partial charge on any atom is -0.496 e. The number of ether oxygens (including phenoxy) is 1. The predicted molar refractivity (Wildman–Crippen MR) is 65.6 cm³/mol. The Balaban J connectivity index is 3.39. The van der Waals surface area contributed by atoms with Crippen molar-refractivity contribution in [1.82, 2.24) is 0 Å². The van der Waals surface area contributed by atoms with Gasteiger partial charge in [0.2, 0.25) is 0 Å². The highest BCUT2D eigenvalue weighted by Crippen LogP contribution is 2.37. The fourth-order valence-corrected chi connectivity index (χ4v) is 1.65. The molecule has 0 heterocycles. The van der Waals surface area contributed by atoms with Crippen LogP contribution in [0.5, 0.6) is 5.75 Å². The van der Waals surface area contributed by atoms with Crippen LogP contribution in [0.25, 0.3) is 0 Å². The molecule has 16 heavy (non-hydrogen) atoms. The van der Waals surface area contributed by atoms with Gasteiger partial charge in [0, 0.05) is 11.1 Å². The number of methoxy groups -OCH3 is 1. The second-order valence-corrected chi connectivity index (χ2v) is 4.95. The van der Waals surface area contributed by atoms with E-state index in [9.17, 15) is 5.11 Å². The van der Waals surface area contributed by atoms with E-state index in [1.54, 1.807) is 27.9 Å². The smallest absolute Gasteiger partial charge is 0.127 e. The molecule has 3 nitrogen and oxygen atoms in total. The molecule has 90 valence electrons. The van der Waals surface area contributed by atoms with Crippen LogP contribution in [0.2, 0.25) is 0 Å². The van der Waals surface area contributed by atoms with Crippen LogP contribution in [0.1, 0.15) is 31.9 Å². The molecule has 0 saturated heterocycles. The quantitative estimate of drug-likeness (QED) is 0.823. The number of benzene rings is 1. The number of nitrogens with two attached hydrogens (primary N) is 1. The maximum absolute atomic E-state index is 10.6. The molecular weight excluding hydrogens is 202 g/mol. The number of para-hydroxylation sites is 1. The van der Waals surface area contributed by atoms with Gasteiger partial charge in [0.05, 0.1) is 7.11 Å². The lowest BCUT2D eigenvalue weighted by Crippen LogP contribution is -2.52. The zero-order valence-electron chi connectivity index (χ0n) is 10.7. The van der Waals surface area contributed by atoms with Gasteiger partial charge >= 0.3 is 0 Å². The van der Waals surface area contributed by atoms with Crippen molar-refractivity contribution in [3.8, 4) is 5.75 Å². The predicted octanol–water partition coefficient (Wildman–Crippen LogP) is 1.95. The molecule has 0 radical (unpaired) electrons. The molecule has 1 aromatic rings. The monoisotopic (exact) mass is 223 g/mol. The van der Waals surface area contributed by atoms with Crippen molar-refractivity contribution in [1.29, 1.82) is 0 Å². The van der Waals surface area contributed by atoms with Crippen molar-refractivity contribution >= 4 is 0 Å². The molecule has 0 bridgehead atoms. The average Bonchev–Trinajstić information content (AvgIpc) is 2.15. The highest BCUT2D eigenvalue weighted by molar-refractivity contribution is 5.45. The summed E-state index contributed by atoms with van der Waals surface area (Å²) in [6, 6.07) is 5.69. The fourth-order valence-electron chi connectivity index (χ4n) is 1.65. The van der Waals surface area contributed by atoms with Crippen molar-refractivity contribution in [3.05, 3.63) is 29.3 Å². The molecule has 3 heteroatoms. The Kier molecular flexibility index (Phi) is 3.31. The number of aliphatic hydroxyl groups is 1. The van der Waals surface area contributed by atoms with Gasteiger partial charge in [0.1, 0.15) is 11.4 Å². The molecule has 1 atom stereocenters. The molecule has 0 fully saturated rings. The molecular formula is C13H21NO2. The van der Waals surface area contributed by atoms with Crippen molar-refractivity contribution in [2.24, 2.45) is 5.73 Å². The lowest BCUT2D eigenvalue weighted by molar-refractivity contribution is -0.0106. The highest BCUT2D eigenvalue weighted by Gasteiger charge is 2.39. The van der Waals surface area contributed by atoms with Gasteiger partial charge in [-0.25, -0.2) is 0 Å². The summed E-state index contributed by atoms with van der Waals surface area (Å²) in [5, 5.41) is 10.6. The lowest BCUT2D eigenvalue weighted by atomic mass is 9.78. The number of hydrogen-bond donors (Lipinski definition) is 2. The van der Waals surface area contributed by atoms with E-state index in [0.717, 1.165) is 11.1 Å². The van der Waals surface area contributed by atoms with Crippen LogP contribution >= 0.6 is 0 Å². The zero-order chi connectivity index (χ0) is 12.6. The van der Waals surface area contributed by atoms with E-state index >= 15 is 0 Å². The van der Waals surface area contributed by atoms with Gasteiger partial charge in [0.25, 0.3) is 0 Å². The SMILES string of the molecule is COc1c(C)cccc1C(C)(O)C(C)(C)N. The normalized spacial score (nSPS) is 15.7. The molecule has 0 aliphatic heterocycles. The third kappa shape index (κ3) is 2.06. The Morgan fingerprint density at radius 2 is 1.81 bits per heavy atom. The average molecular weight is 223 g/mol. The summed E-state index contributed by atoms with van der Waals surface area (Å²) >= 11 is 0. The van der Waals surface area contributed by atoms with E-state index in [1.807, 2.05) is 25.1 Å². The van der Waals surface area contributed by atoms with Gasteiger partial charge in [0.15, 0.2) is 0 Å². The second-order valence-electron chi connectivity index (χ2n) is 4.95. The summed E-state index contributed by atoms with van der Waals surface area (Å²) in [5.74, 6) is 0.700. The Labute approximate surface area is 97.2 Å². The third-order valence-corrected chi connectivity index (χ3v) is 3.20. The minimum atomic E-state index is -1.13. The topological polar surface area (TPSA) is 55.5 Å². The summed E-state index contributed by atoms with van der Waals surface area (Å²) in [6.07, 6.45) is 0. The molecule has 1 rings (SSSR count). The van der Waals surface area contributed by atoms with Crippen molar-refractivity contribution in [2.45, 2.75) is 38.8 Å². The summed E-state index contributed by atoms with van der Waals surface area (Å²) in [7, 11) is 1.60. The summed E-state index contributed by atoms with van der Waals surface area (Å²) in [6.45, 7) is 7.26. The van der Waals surface area contributed by atoms with E-state index < -0.39 is 11.1 Å². The van der Waals surface area contributed by atoms with Crippen molar-refractivity contribution < 1.29 is 9.84 Å². The van der Waals surface area contributed by atoms with Gasteiger partial charge < -0.3 is 15.6 Å². The summed E-state index contributed by atoms with van der Waals surface area (Å²) in [5.41, 5.74) is 5.85. The maximum atomic E-state index is 10.6. The summed E-state index contributed by atoms with van der Waals surface area (Å²) in [4.78, 5) is 0. The molecule has 0 aromatic heterocycles. The first kappa shape index (κ1) is 13.0. The highest BCUT2D eigenvalue weighted by atomic mass is 16.5. The van der Waals surface area contributed by atoms with Crippen molar-refractivity contribution in [3.63, 3.8) is 0 Å². The van der Waals surface area contributed by atoms with Crippen LogP contribution in [0.3, 0.4) is 0 Å². The van der Waals surface area contributed by atoms with Crippen LogP contribution in [-0.4, -0.2) is 17.8 Å². The molecule has 0 amide bonds. The molecule has 3 N–H and O–H groups in total. The molecule has 0 spiro atoms. The standard InChI is InChI=1S/C13H21NO2/c1-9-7-6-8-10(11(9)16-5)13(4,15)12(2,3)14/h6-8,15H,14H2,1-5H3. The molecule has 1 unspecified atom stereocenters. The molecule has 0 saturated carbocycles. The lowest BCUT2D eigenvalue weighted by Gasteiger charge is -2.38. The Morgan fingerprint density at radius 3 is 2.25 bits per heavy atom. The Bertz CT molecular complexity index is 378. The van der Waals surface area contributed by atoms with E-state index in [0.29, 0.717) is 5.75 Å². The number of rotatable bonds is 3. The Morgan fingerprint density at radius 1 is 1.25 bits per heavy atom. The third-order valence-electron chi connectivity index (χ3n) is 3.20. The first-order chi connectivity index (χ1) is 7.21. The Hall–Kier alpha value is -1.06. The van der Waals surface area contributed by atoms with E-state index in [4.69, 9.17) is 10.5 Å². The van der Waals surface area contributed by atoms with E-state index in [-0.39, 0.29) is 0 Å². The first-order valence-electron chi connectivity index (χ1n) is 5.37. The number of hydrogen-bond acceptors (Lipinski definition) is 3. The van der Waals surface area contributed by atoms with Gasteiger partial charge in [-0.15, -0.1) is 0 Å². The molecule has 0 aliphatic rings. The summed E-state index contributed by atoms with van der Waals surface area (Å²) < 4.78 is 5.34. The van der Waals surface area contributed by atoms with Crippen LogP contribution in [-0.2, 0) is 5.60 Å². The largest absolute Gasteiger partial charge is 0.496 e. The fraction of sp³-hybridized carbons (Fsp3) is 0.538. The van der Waals surface area contributed by atoms with E-state index in [1.165, 1.54) is 0 Å². The second kappa shape index (κ2) is 4.07. The van der Waals surface area contributed by atoms with Crippen LogP contribution in [0.4, 0.5) is 0 Å².